The summed E-state index contributed by atoms with van der Waals surface area (Å²) >= 11 is 11.6. The molecule has 0 aromatic heterocycles. The number of aliphatic hydroxyl groups is 1. The Hall–Kier alpha value is -1.82. The number of halogens is 3. The number of benzene rings is 2. The number of nitrogens with one attached hydrogen (secondary N) is 1. The molecule has 1 unspecified atom stereocenters. The van der Waals surface area contributed by atoms with Crippen LogP contribution in [0.15, 0.2) is 36.4 Å². The van der Waals surface area contributed by atoms with Gasteiger partial charge in [-0.05, 0) is 41.5 Å². The average Bonchev–Trinajstić information content (AvgIpc) is 2.46. The number of aromatic hydroxyl groups is 1. The minimum atomic E-state index is -1.45. The largest absolute Gasteiger partial charge is 0.505 e. The van der Waals surface area contributed by atoms with Crippen LogP contribution in [0.2, 0.25) is 10.0 Å². The van der Waals surface area contributed by atoms with Crippen LogP contribution in [0, 0.1) is 5.82 Å². The minimum absolute atomic E-state index is 0.00138. The van der Waals surface area contributed by atoms with Gasteiger partial charge in [0, 0.05) is 16.6 Å². The summed E-state index contributed by atoms with van der Waals surface area (Å²) in [6.45, 7) is 0.00138. The molecule has 0 aliphatic heterocycles. The van der Waals surface area contributed by atoms with Crippen molar-refractivity contribution in [3.63, 3.8) is 0 Å². The van der Waals surface area contributed by atoms with Crippen molar-refractivity contribution in [3.8, 4) is 5.75 Å². The molecular formula is C15H12Cl2FNO3. The van der Waals surface area contributed by atoms with Crippen molar-refractivity contribution in [3.05, 3.63) is 63.4 Å². The van der Waals surface area contributed by atoms with Crippen LogP contribution in [0.5, 0.6) is 5.75 Å². The minimum Gasteiger partial charge on any atom is -0.505 e. The number of phenolic OH excluding ortho intramolecular Hbond substituents is 1. The molecule has 7 heteroatoms. The summed E-state index contributed by atoms with van der Waals surface area (Å²) in [6, 6.07) is 8.08. The summed E-state index contributed by atoms with van der Waals surface area (Å²) in [5, 5.41) is 22.1. The Morgan fingerprint density at radius 2 is 1.82 bits per heavy atom. The number of carbonyl (C=O) groups is 1. The molecule has 4 nitrogen and oxygen atoms in total. The van der Waals surface area contributed by atoms with Gasteiger partial charge >= 0.3 is 0 Å². The van der Waals surface area contributed by atoms with E-state index >= 15 is 0 Å². The van der Waals surface area contributed by atoms with Crippen molar-refractivity contribution >= 4 is 29.1 Å². The third-order valence-electron chi connectivity index (χ3n) is 2.93. The molecule has 0 saturated heterocycles. The van der Waals surface area contributed by atoms with Gasteiger partial charge < -0.3 is 15.5 Å². The van der Waals surface area contributed by atoms with E-state index in [1.165, 1.54) is 30.3 Å². The van der Waals surface area contributed by atoms with Crippen LogP contribution in [0.4, 0.5) is 4.39 Å². The number of hydrogen-bond acceptors (Lipinski definition) is 3. The normalized spacial score (nSPS) is 12.0. The smallest absolute Gasteiger partial charge is 0.253 e. The monoisotopic (exact) mass is 343 g/mol. The predicted octanol–water partition coefficient (Wildman–Crippen LogP) is 3.19. The van der Waals surface area contributed by atoms with Gasteiger partial charge in [-0.15, -0.1) is 0 Å². The van der Waals surface area contributed by atoms with Gasteiger partial charge in [0.05, 0.1) is 0 Å². The highest BCUT2D eigenvalue weighted by Crippen LogP contribution is 2.24. The zero-order valence-corrected chi connectivity index (χ0v) is 12.7. The molecule has 116 valence electrons. The first kappa shape index (κ1) is 16.5. The van der Waals surface area contributed by atoms with Gasteiger partial charge in [0.2, 0.25) is 0 Å². The Balaban J connectivity index is 2.03. The maximum atomic E-state index is 13.2. The van der Waals surface area contributed by atoms with E-state index in [-0.39, 0.29) is 12.1 Å². The van der Waals surface area contributed by atoms with Gasteiger partial charge in [-0.3, -0.25) is 4.79 Å². The van der Waals surface area contributed by atoms with Crippen molar-refractivity contribution in [1.29, 1.82) is 0 Å². The van der Waals surface area contributed by atoms with E-state index in [1.807, 2.05) is 0 Å². The lowest BCUT2D eigenvalue weighted by Gasteiger charge is -2.12. The van der Waals surface area contributed by atoms with Crippen molar-refractivity contribution in [2.45, 2.75) is 12.6 Å². The fourth-order valence-corrected chi connectivity index (χ4v) is 2.37. The highest BCUT2D eigenvalue weighted by molar-refractivity contribution is 6.34. The molecule has 1 amide bonds. The fourth-order valence-electron chi connectivity index (χ4n) is 1.83. The standard InChI is InChI=1S/C15H12Cl2FNO3/c16-10-4-9(5-11(17)6-10)14(21)15(22)19-7-8-1-2-13(20)12(18)3-8/h1-6,14,20-21H,7H2,(H,19,22). The van der Waals surface area contributed by atoms with E-state index in [0.717, 1.165) is 6.07 Å². The van der Waals surface area contributed by atoms with E-state index in [1.54, 1.807) is 0 Å². The highest BCUT2D eigenvalue weighted by Gasteiger charge is 2.18. The number of carbonyl (C=O) groups excluding carboxylic acids is 1. The van der Waals surface area contributed by atoms with Crippen LogP contribution in [0.25, 0.3) is 0 Å². The zero-order chi connectivity index (χ0) is 16.3. The van der Waals surface area contributed by atoms with Crippen LogP contribution in [-0.4, -0.2) is 16.1 Å². The molecule has 0 saturated carbocycles. The molecule has 1 atom stereocenters. The van der Waals surface area contributed by atoms with E-state index < -0.39 is 23.6 Å². The molecule has 2 aromatic carbocycles. The average molecular weight is 344 g/mol. The molecular weight excluding hydrogens is 332 g/mol. The number of rotatable bonds is 4. The molecule has 0 bridgehead atoms. The molecule has 2 aromatic rings. The number of phenols is 1. The second kappa shape index (κ2) is 6.96. The zero-order valence-electron chi connectivity index (χ0n) is 11.2. The van der Waals surface area contributed by atoms with Crippen LogP contribution in [0.1, 0.15) is 17.2 Å². The molecule has 3 N–H and O–H groups in total. The summed E-state index contributed by atoms with van der Waals surface area (Å²) in [6.07, 6.45) is -1.45. The summed E-state index contributed by atoms with van der Waals surface area (Å²) in [4.78, 5) is 11.9. The highest BCUT2D eigenvalue weighted by atomic mass is 35.5. The molecule has 2 rings (SSSR count). The summed E-state index contributed by atoms with van der Waals surface area (Å²) in [5.74, 6) is -1.93. The lowest BCUT2D eigenvalue weighted by molar-refractivity contribution is -0.129. The van der Waals surface area contributed by atoms with Crippen LogP contribution < -0.4 is 5.32 Å². The number of hydrogen-bond donors (Lipinski definition) is 3. The van der Waals surface area contributed by atoms with Crippen molar-refractivity contribution in [2.24, 2.45) is 0 Å². The predicted molar refractivity (Wildman–Crippen MR) is 81.3 cm³/mol. The quantitative estimate of drug-likeness (QED) is 0.798. The first-order valence-corrected chi connectivity index (χ1v) is 7.01. The Labute approximate surface area is 136 Å². The van der Waals surface area contributed by atoms with Crippen LogP contribution in [0.3, 0.4) is 0 Å². The molecule has 0 heterocycles. The van der Waals surface area contributed by atoms with E-state index in [9.17, 15) is 14.3 Å². The Morgan fingerprint density at radius 1 is 1.18 bits per heavy atom. The van der Waals surface area contributed by atoms with Crippen molar-refractivity contribution in [2.75, 3.05) is 0 Å². The lowest BCUT2D eigenvalue weighted by Crippen LogP contribution is -2.28. The van der Waals surface area contributed by atoms with Gasteiger partial charge in [-0.25, -0.2) is 4.39 Å². The van der Waals surface area contributed by atoms with E-state index in [2.05, 4.69) is 5.32 Å². The summed E-state index contributed by atoms with van der Waals surface area (Å²) in [7, 11) is 0. The first-order chi connectivity index (χ1) is 10.4. The maximum Gasteiger partial charge on any atom is 0.253 e. The van der Waals surface area contributed by atoms with Gasteiger partial charge in [-0.2, -0.15) is 0 Å². The molecule has 0 radical (unpaired) electrons. The van der Waals surface area contributed by atoms with Crippen molar-refractivity contribution in [1.82, 2.24) is 5.32 Å². The maximum absolute atomic E-state index is 13.2. The molecule has 22 heavy (non-hydrogen) atoms. The Bertz CT molecular complexity index is 689. The second-order valence-corrected chi connectivity index (χ2v) is 5.48. The number of aliphatic hydroxyl groups excluding tert-OH is 1. The van der Waals surface area contributed by atoms with Gasteiger partial charge in [0.15, 0.2) is 17.7 Å². The first-order valence-electron chi connectivity index (χ1n) is 6.26. The summed E-state index contributed by atoms with van der Waals surface area (Å²) in [5.41, 5.74) is 0.701. The third-order valence-corrected chi connectivity index (χ3v) is 3.36. The topological polar surface area (TPSA) is 69.6 Å². The van der Waals surface area contributed by atoms with Gasteiger partial charge in [0.1, 0.15) is 0 Å². The Morgan fingerprint density at radius 3 is 2.41 bits per heavy atom. The van der Waals surface area contributed by atoms with Crippen LogP contribution >= 0.6 is 23.2 Å². The van der Waals surface area contributed by atoms with E-state index in [0.29, 0.717) is 15.6 Å². The van der Waals surface area contributed by atoms with E-state index in [4.69, 9.17) is 28.3 Å². The fraction of sp³-hybridized carbons (Fsp3) is 0.133. The molecule has 0 aliphatic carbocycles. The summed E-state index contributed by atoms with van der Waals surface area (Å²) < 4.78 is 13.2. The van der Waals surface area contributed by atoms with Gasteiger partial charge in [0.25, 0.3) is 5.91 Å². The SMILES string of the molecule is O=C(NCc1ccc(O)c(F)c1)C(O)c1cc(Cl)cc(Cl)c1. The third kappa shape index (κ3) is 4.10. The molecule has 0 spiro atoms. The van der Waals surface area contributed by atoms with Crippen molar-refractivity contribution < 1.29 is 19.4 Å². The number of amides is 1. The molecule has 0 fully saturated rings. The lowest BCUT2D eigenvalue weighted by atomic mass is 10.1. The second-order valence-electron chi connectivity index (χ2n) is 4.61. The van der Waals surface area contributed by atoms with Crippen LogP contribution in [-0.2, 0) is 11.3 Å². The molecule has 0 aliphatic rings. The Kier molecular flexibility index (Phi) is 5.24. The van der Waals surface area contributed by atoms with Gasteiger partial charge in [-0.1, -0.05) is 29.3 Å².